The van der Waals surface area contributed by atoms with Crippen molar-refractivity contribution in [3.05, 3.63) is 65.7 Å². The second-order valence-corrected chi connectivity index (χ2v) is 4.91. The fourth-order valence-electron chi connectivity index (χ4n) is 1.55. The topological polar surface area (TPSA) is 24.4 Å². The third kappa shape index (κ3) is 4.02. The Morgan fingerprint density at radius 3 is 2.39 bits per heavy atom. The standard InChI is InChI=1S/C15H15N2Se/c1-12-7-9-14(10-8-12)17-15(18)16-11-13-5-3-2-4-6-13/h2-10H,11H2,1H3,(H,16,17). The van der Waals surface area contributed by atoms with E-state index in [-0.39, 0.29) is 0 Å². The molecular weight excluding hydrogens is 287 g/mol. The predicted molar refractivity (Wildman–Crippen MR) is 78.1 cm³/mol. The van der Waals surface area contributed by atoms with Crippen LogP contribution in [0.2, 0.25) is 0 Å². The number of nitrogens with one attached hydrogen (secondary N) is 1. The zero-order chi connectivity index (χ0) is 12.8. The summed E-state index contributed by atoms with van der Waals surface area (Å²) in [7, 11) is 0. The fourth-order valence-corrected chi connectivity index (χ4v) is 1.93. The van der Waals surface area contributed by atoms with E-state index in [1.54, 1.807) is 0 Å². The van der Waals surface area contributed by atoms with Crippen molar-refractivity contribution in [1.82, 2.24) is 0 Å². The van der Waals surface area contributed by atoms with Gasteiger partial charge in [0, 0.05) is 0 Å². The number of aliphatic imine (C=N–C) groups is 1. The quantitative estimate of drug-likeness (QED) is 0.526. The van der Waals surface area contributed by atoms with Gasteiger partial charge in [0.25, 0.3) is 0 Å². The van der Waals surface area contributed by atoms with Crippen LogP contribution < -0.4 is 5.32 Å². The molecule has 91 valence electrons. The molecule has 18 heavy (non-hydrogen) atoms. The number of amidine groups is 1. The minimum atomic E-state index is 0.683. The Bertz CT molecular complexity index is 518. The van der Waals surface area contributed by atoms with Crippen molar-refractivity contribution in [2.45, 2.75) is 13.5 Å². The molecule has 1 radical (unpaired) electrons. The first-order chi connectivity index (χ1) is 8.74. The van der Waals surface area contributed by atoms with E-state index < -0.39 is 0 Å². The second-order valence-electron chi connectivity index (χ2n) is 4.10. The molecule has 2 nitrogen and oxygen atoms in total. The first-order valence-electron chi connectivity index (χ1n) is 5.83. The van der Waals surface area contributed by atoms with E-state index in [0.29, 0.717) is 6.54 Å². The molecule has 2 rings (SSSR count). The molecule has 0 fully saturated rings. The van der Waals surface area contributed by atoms with E-state index in [1.807, 2.05) is 30.3 Å². The van der Waals surface area contributed by atoms with E-state index in [9.17, 15) is 0 Å². The van der Waals surface area contributed by atoms with Gasteiger partial charge in [0.2, 0.25) is 0 Å². The molecule has 0 aliphatic heterocycles. The molecule has 0 saturated carbocycles. The Labute approximate surface area is 116 Å². The summed E-state index contributed by atoms with van der Waals surface area (Å²) >= 11 is 2.95. The maximum absolute atomic E-state index is 4.46. The number of rotatable bonds is 3. The van der Waals surface area contributed by atoms with E-state index in [0.717, 1.165) is 10.4 Å². The SMILES string of the molecule is Cc1ccc(NC([Se])=NCc2ccccc2)cc1. The predicted octanol–water partition coefficient (Wildman–Crippen LogP) is 3.13. The third-order valence-corrected chi connectivity index (χ3v) is 3.04. The van der Waals surface area contributed by atoms with Crippen LogP contribution in [-0.2, 0) is 6.54 Å². The van der Waals surface area contributed by atoms with Gasteiger partial charge in [-0.25, -0.2) is 0 Å². The number of benzene rings is 2. The van der Waals surface area contributed by atoms with E-state index in [2.05, 4.69) is 57.5 Å². The number of anilines is 1. The van der Waals surface area contributed by atoms with Crippen molar-refractivity contribution in [3.8, 4) is 0 Å². The number of hydrogen-bond acceptors (Lipinski definition) is 1. The maximum atomic E-state index is 4.46. The van der Waals surface area contributed by atoms with E-state index in [4.69, 9.17) is 0 Å². The first-order valence-corrected chi connectivity index (χ1v) is 6.69. The summed E-state index contributed by atoms with van der Waals surface area (Å²) in [6.07, 6.45) is 0. The average Bonchev–Trinajstić information content (AvgIpc) is 2.40. The molecule has 2 aromatic rings. The van der Waals surface area contributed by atoms with Crippen molar-refractivity contribution in [2.24, 2.45) is 4.99 Å². The molecule has 0 bridgehead atoms. The zero-order valence-electron chi connectivity index (χ0n) is 10.3. The van der Waals surface area contributed by atoms with Crippen molar-refractivity contribution in [1.29, 1.82) is 0 Å². The van der Waals surface area contributed by atoms with Crippen LogP contribution in [0.25, 0.3) is 0 Å². The van der Waals surface area contributed by atoms with Crippen LogP contribution >= 0.6 is 0 Å². The summed E-state index contributed by atoms with van der Waals surface area (Å²) in [4.78, 5) is 4.46. The van der Waals surface area contributed by atoms with Gasteiger partial charge < -0.3 is 0 Å². The zero-order valence-corrected chi connectivity index (χ0v) is 12.0. The molecule has 2 aromatic carbocycles. The van der Waals surface area contributed by atoms with Crippen LogP contribution in [-0.4, -0.2) is 20.7 Å². The average molecular weight is 302 g/mol. The number of nitrogens with zero attached hydrogens (tertiary/aromatic N) is 1. The first kappa shape index (κ1) is 12.9. The molecular formula is C15H15N2Se. The van der Waals surface area contributed by atoms with E-state index in [1.165, 1.54) is 11.1 Å². The minimum absolute atomic E-state index is 0.683. The third-order valence-electron chi connectivity index (χ3n) is 2.55. The Balaban J connectivity index is 1.95. The van der Waals surface area contributed by atoms with Crippen molar-refractivity contribution < 1.29 is 0 Å². The summed E-state index contributed by atoms with van der Waals surface area (Å²) < 4.78 is 0.808. The van der Waals surface area contributed by atoms with Gasteiger partial charge in [-0.1, -0.05) is 0 Å². The second kappa shape index (κ2) is 6.39. The van der Waals surface area contributed by atoms with Gasteiger partial charge >= 0.3 is 116 Å². The molecule has 0 unspecified atom stereocenters. The molecule has 0 atom stereocenters. The molecule has 0 amide bonds. The molecule has 0 heterocycles. The van der Waals surface area contributed by atoms with Crippen LogP contribution in [0.1, 0.15) is 11.1 Å². The van der Waals surface area contributed by atoms with E-state index >= 15 is 0 Å². The van der Waals surface area contributed by atoms with Gasteiger partial charge in [-0.2, -0.15) is 0 Å². The van der Waals surface area contributed by atoms with Gasteiger partial charge in [0.15, 0.2) is 0 Å². The Morgan fingerprint density at radius 1 is 1.06 bits per heavy atom. The van der Waals surface area contributed by atoms with Gasteiger partial charge in [-0.3, -0.25) is 0 Å². The fraction of sp³-hybridized carbons (Fsp3) is 0.133. The monoisotopic (exact) mass is 303 g/mol. The van der Waals surface area contributed by atoms with Crippen molar-refractivity contribution >= 4 is 26.4 Å². The molecule has 0 aliphatic carbocycles. The van der Waals surface area contributed by atoms with Gasteiger partial charge in [0.1, 0.15) is 0 Å². The van der Waals surface area contributed by atoms with Crippen LogP contribution in [0.3, 0.4) is 0 Å². The summed E-state index contributed by atoms with van der Waals surface area (Å²) in [6.45, 7) is 2.76. The number of aryl methyl sites for hydroxylation is 1. The van der Waals surface area contributed by atoms with Crippen LogP contribution in [0.5, 0.6) is 0 Å². The Kier molecular flexibility index (Phi) is 4.57. The molecule has 0 spiro atoms. The summed E-state index contributed by atoms with van der Waals surface area (Å²) in [5.74, 6) is 0. The molecule has 0 saturated heterocycles. The molecule has 3 heteroatoms. The normalized spacial score (nSPS) is 11.3. The van der Waals surface area contributed by atoms with Crippen molar-refractivity contribution in [3.63, 3.8) is 0 Å². The summed E-state index contributed by atoms with van der Waals surface area (Å²) in [5, 5.41) is 3.23. The van der Waals surface area contributed by atoms with Crippen LogP contribution in [0.4, 0.5) is 5.69 Å². The van der Waals surface area contributed by atoms with Crippen LogP contribution in [0, 0.1) is 6.92 Å². The molecule has 0 aromatic heterocycles. The summed E-state index contributed by atoms with van der Waals surface area (Å²) in [5.41, 5.74) is 3.51. The Hall–Kier alpha value is -1.57. The van der Waals surface area contributed by atoms with Gasteiger partial charge in [-0.15, -0.1) is 0 Å². The Morgan fingerprint density at radius 2 is 1.72 bits per heavy atom. The molecule has 0 aliphatic rings. The van der Waals surface area contributed by atoms with Crippen LogP contribution in [0.15, 0.2) is 59.6 Å². The summed E-state index contributed by atoms with van der Waals surface area (Å²) in [6, 6.07) is 18.5. The number of hydrogen-bond donors (Lipinski definition) is 1. The van der Waals surface area contributed by atoms with Gasteiger partial charge in [-0.05, 0) is 0 Å². The molecule has 1 N–H and O–H groups in total. The van der Waals surface area contributed by atoms with Crippen molar-refractivity contribution in [2.75, 3.05) is 5.32 Å². The van der Waals surface area contributed by atoms with Gasteiger partial charge in [0.05, 0.1) is 0 Å².